The first-order chi connectivity index (χ1) is 24.9. The summed E-state index contributed by atoms with van der Waals surface area (Å²) in [6.45, 7) is 3.22. The van der Waals surface area contributed by atoms with Crippen molar-refractivity contribution in [1.82, 2.24) is 0 Å². The van der Waals surface area contributed by atoms with Crippen molar-refractivity contribution >= 4 is 19.8 Å². The Hall–Kier alpha value is -1.15. The zero-order chi connectivity index (χ0) is 38.6. The highest BCUT2D eigenvalue weighted by Crippen LogP contribution is 2.47. The molecule has 13 nitrogen and oxygen atoms in total. The van der Waals surface area contributed by atoms with Crippen molar-refractivity contribution in [2.24, 2.45) is 0 Å². The van der Waals surface area contributed by atoms with Crippen LogP contribution in [0.5, 0.6) is 0 Å². The topological polar surface area (TPSA) is 210 Å². The fourth-order valence-electron chi connectivity index (χ4n) is 6.35. The van der Waals surface area contributed by atoms with Crippen molar-refractivity contribution in [2.45, 2.75) is 217 Å². The highest BCUT2D eigenvalue weighted by molar-refractivity contribution is 7.47. The van der Waals surface area contributed by atoms with Crippen LogP contribution >= 0.6 is 7.82 Å². The van der Waals surface area contributed by atoms with Crippen molar-refractivity contribution in [3.8, 4) is 0 Å². The van der Waals surface area contributed by atoms with Crippen LogP contribution in [-0.4, -0.2) is 98.3 Å². The number of hydrogen-bond donors (Lipinski definition) is 6. The van der Waals surface area contributed by atoms with Crippen LogP contribution < -0.4 is 0 Å². The predicted molar refractivity (Wildman–Crippen MR) is 198 cm³/mol. The van der Waals surface area contributed by atoms with E-state index in [1.165, 1.54) is 83.5 Å². The largest absolute Gasteiger partial charge is 0.472 e. The van der Waals surface area contributed by atoms with Crippen LogP contribution in [0.4, 0.5) is 0 Å². The number of unbranched alkanes of at least 4 members (excludes halogenated alkanes) is 21. The first kappa shape index (κ1) is 48.9. The normalized spacial score (nSPS) is 23.6. The molecule has 6 N–H and O–H groups in total. The SMILES string of the molecule is CCCCCCCCCCCCCCCCCCC(=O)OC[C@@H](COP(=O)(O)OC1C(O)C(O)C(O)[C@H](O)C1O)OC(=O)CCCCCCCCC. The van der Waals surface area contributed by atoms with Gasteiger partial charge in [-0.05, 0) is 12.8 Å². The second-order valence-electron chi connectivity index (χ2n) is 14.5. The minimum atomic E-state index is -5.10. The predicted octanol–water partition coefficient (Wildman–Crippen LogP) is 6.55. The van der Waals surface area contributed by atoms with Gasteiger partial charge in [0.05, 0.1) is 6.61 Å². The van der Waals surface area contributed by atoms with Gasteiger partial charge in [0, 0.05) is 12.8 Å². The highest BCUT2D eigenvalue weighted by atomic mass is 31.2. The lowest BCUT2D eigenvalue weighted by molar-refractivity contribution is -0.220. The first-order valence-corrected chi connectivity index (χ1v) is 21.8. The third-order valence-corrected chi connectivity index (χ3v) is 10.7. The van der Waals surface area contributed by atoms with Gasteiger partial charge >= 0.3 is 19.8 Å². The Bertz CT molecular complexity index is 938. The van der Waals surface area contributed by atoms with Crippen LogP contribution in [0.3, 0.4) is 0 Å². The van der Waals surface area contributed by atoms with Gasteiger partial charge in [-0.2, -0.15) is 0 Å². The maximum absolute atomic E-state index is 12.7. The lowest BCUT2D eigenvalue weighted by atomic mass is 9.85. The van der Waals surface area contributed by atoms with Gasteiger partial charge in [-0.15, -0.1) is 0 Å². The fraction of sp³-hybridized carbons (Fsp3) is 0.947. The number of rotatable bonds is 33. The standard InChI is InChI=1S/C38H73O13P/c1-3-5-7-9-11-12-13-14-15-16-17-18-19-21-22-24-26-31(39)48-28-30(50-32(40)27-25-23-20-10-8-6-4-2)29-49-52(46,47)51-38-36(44)34(42)33(41)35(43)37(38)45/h30,33-38,41-45H,3-29H2,1-2H3,(H,46,47)/t30-,33?,34-,35?,36?,37?,38?/m0/s1. The van der Waals surface area contributed by atoms with E-state index in [2.05, 4.69) is 13.8 Å². The van der Waals surface area contributed by atoms with Gasteiger partial charge in [-0.25, -0.2) is 4.57 Å². The number of aliphatic hydroxyl groups is 5. The summed E-state index contributed by atoms with van der Waals surface area (Å²) >= 11 is 0. The minimum Gasteiger partial charge on any atom is -0.462 e. The van der Waals surface area contributed by atoms with Crippen molar-refractivity contribution in [1.29, 1.82) is 0 Å². The Labute approximate surface area is 312 Å². The smallest absolute Gasteiger partial charge is 0.462 e. The average Bonchev–Trinajstić information content (AvgIpc) is 3.12. The monoisotopic (exact) mass is 768 g/mol. The summed E-state index contributed by atoms with van der Waals surface area (Å²) in [6.07, 6.45) is 13.5. The molecule has 1 aliphatic carbocycles. The molecule has 0 saturated heterocycles. The molecule has 0 aromatic carbocycles. The fourth-order valence-corrected chi connectivity index (χ4v) is 7.32. The van der Waals surface area contributed by atoms with Gasteiger partial charge in [0.2, 0.25) is 0 Å². The zero-order valence-electron chi connectivity index (χ0n) is 32.1. The molecule has 0 aromatic heterocycles. The van der Waals surface area contributed by atoms with Gasteiger partial charge < -0.3 is 39.9 Å². The summed E-state index contributed by atoms with van der Waals surface area (Å²) in [5.41, 5.74) is 0. The molecule has 0 amide bonds. The molecule has 0 spiro atoms. The lowest BCUT2D eigenvalue weighted by Crippen LogP contribution is -2.64. The second kappa shape index (κ2) is 30.1. The number of hydrogen-bond acceptors (Lipinski definition) is 12. The van der Waals surface area contributed by atoms with E-state index >= 15 is 0 Å². The van der Waals surface area contributed by atoms with Crippen molar-refractivity contribution in [2.75, 3.05) is 13.2 Å². The molecule has 14 heteroatoms. The summed E-state index contributed by atoms with van der Waals surface area (Å²) in [6, 6.07) is 0. The average molecular weight is 769 g/mol. The number of esters is 2. The van der Waals surface area contributed by atoms with Crippen LogP contribution in [0.1, 0.15) is 174 Å². The molecule has 0 bridgehead atoms. The van der Waals surface area contributed by atoms with Gasteiger partial charge in [-0.3, -0.25) is 18.6 Å². The van der Waals surface area contributed by atoms with Crippen LogP contribution in [0.25, 0.3) is 0 Å². The second-order valence-corrected chi connectivity index (χ2v) is 15.9. The minimum absolute atomic E-state index is 0.100. The Balaban J connectivity index is 2.43. The van der Waals surface area contributed by atoms with Gasteiger partial charge in [0.25, 0.3) is 0 Å². The quantitative estimate of drug-likeness (QED) is 0.0238. The molecule has 308 valence electrons. The highest BCUT2D eigenvalue weighted by Gasteiger charge is 2.51. The van der Waals surface area contributed by atoms with Crippen molar-refractivity contribution in [3.63, 3.8) is 0 Å². The Kier molecular flexibility index (Phi) is 28.3. The van der Waals surface area contributed by atoms with E-state index in [1.807, 2.05) is 0 Å². The van der Waals surface area contributed by atoms with Crippen LogP contribution in [0.2, 0.25) is 0 Å². The summed E-state index contributed by atoms with van der Waals surface area (Å²) in [5.74, 6) is -1.10. The molecular formula is C38H73O13P. The Morgan fingerprint density at radius 2 is 0.865 bits per heavy atom. The van der Waals surface area contributed by atoms with Crippen molar-refractivity contribution in [3.05, 3.63) is 0 Å². The summed E-state index contributed by atoms with van der Waals surface area (Å²) < 4.78 is 33.3. The van der Waals surface area contributed by atoms with Crippen LogP contribution in [-0.2, 0) is 32.7 Å². The number of phosphoric ester groups is 1. The number of phosphoric acid groups is 1. The first-order valence-electron chi connectivity index (χ1n) is 20.3. The molecule has 1 fully saturated rings. The molecule has 0 aromatic rings. The molecule has 52 heavy (non-hydrogen) atoms. The Morgan fingerprint density at radius 3 is 1.27 bits per heavy atom. The number of carbonyl (C=O) groups is 2. The molecule has 1 aliphatic rings. The molecular weight excluding hydrogens is 695 g/mol. The van der Waals surface area contributed by atoms with E-state index in [1.54, 1.807) is 0 Å². The number of ether oxygens (including phenoxy) is 2. The Morgan fingerprint density at radius 1 is 0.519 bits per heavy atom. The van der Waals surface area contributed by atoms with E-state index in [0.717, 1.165) is 51.4 Å². The maximum Gasteiger partial charge on any atom is 0.472 e. The van der Waals surface area contributed by atoms with Gasteiger partial charge in [0.1, 0.15) is 43.2 Å². The van der Waals surface area contributed by atoms with E-state index in [4.69, 9.17) is 18.5 Å². The van der Waals surface area contributed by atoms with Crippen LogP contribution in [0.15, 0.2) is 0 Å². The number of aliphatic hydroxyl groups excluding tert-OH is 5. The summed E-state index contributed by atoms with van der Waals surface area (Å²) in [7, 11) is -5.10. The maximum atomic E-state index is 12.7. The molecule has 8 atom stereocenters. The summed E-state index contributed by atoms with van der Waals surface area (Å²) in [5, 5.41) is 49.8. The molecule has 1 rings (SSSR count). The molecule has 1 saturated carbocycles. The van der Waals surface area contributed by atoms with E-state index in [-0.39, 0.29) is 12.8 Å². The van der Waals surface area contributed by atoms with E-state index < -0.39 is 75.7 Å². The number of carbonyl (C=O) groups excluding carboxylic acids is 2. The van der Waals surface area contributed by atoms with Crippen molar-refractivity contribution < 1.29 is 63.1 Å². The van der Waals surface area contributed by atoms with E-state index in [0.29, 0.717) is 12.8 Å². The third-order valence-electron chi connectivity index (χ3n) is 9.70. The zero-order valence-corrected chi connectivity index (χ0v) is 33.0. The van der Waals surface area contributed by atoms with Gasteiger partial charge in [0.15, 0.2) is 6.10 Å². The third kappa shape index (κ3) is 22.9. The molecule has 0 heterocycles. The van der Waals surface area contributed by atoms with Gasteiger partial charge in [-0.1, -0.05) is 149 Å². The molecule has 6 unspecified atom stereocenters. The van der Waals surface area contributed by atoms with Crippen LogP contribution in [0, 0.1) is 0 Å². The van der Waals surface area contributed by atoms with E-state index in [9.17, 15) is 44.6 Å². The molecule has 0 radical (unpaired) electrons. The lowest BCUT2D eigenvalue weighted by Gasteiger charge is -2.41. The molecule has 0 aliphatic heterocycles. The summed E-state index contributed by atoms with van der Waals surface area (Å²) in [4.78, 5) is 35.3.